The van der Waals surface area contributed by atoms with E-state index in [1.807, 2.05) is 11.9 Å². The monoisotopic (exact) mass is 262 g/mol. The van der Waals surface area contributed by atoms with Gasteiger partial charge < -0.3 is 5.73 Å². The molecular weight excluding hydrogens is 248 g/mol. The van der Waals surface area contributed by atoms with Crippen molar-refractivity contribution in [1.29, 1.82) is 0 Å². The summed E-state index contributed by atoms with van der Waals surface area (Å²) in [5.74, 6) is 0.522. The minimum Gasteiger partial charge on any atom is -0.388 e. The van der Waals surface area contributed by atoms with Gasteiger partial charge in [0.15, 0.2) is 9.84 Å². The number of nitrogens with two attached hydrogens (primary N) is 1. The van der Waals surface area contributed by atoms with Crippen LogP contribution in [-0.2, 0) is 16.4 Å². The van der Waals surface area contributed by atoms with Crippen LogP contribution in [-0.4, -0.2) is 47.5 Å². The molecule has 2 heterocycles. The van der Waals surface area contributed by atoms with Crippen molar-refractivity contribution in [2.45, 2.75) is 19.0 Å². The number of nitrogen functional groups attached to an aromatic ring is 1. The summed E-state index contributed by atoms with van der Waals surface area (Å²) in [5, 5.41) is 4.52. The Labute approximate surface area is 98.5 Å². The molecule has 6 nitrogen and oxygen atoms in total. The fraction of sp³-hybridized carbons (Fsp3) is 0.750. The summed E-state index contributed by atoms with van der Waals surface area (Å²) in [6, 6.07) is 0.0751. The van der Waals surface area contributed by atoms with Crippen LogP contribution < -0.4 is 5.73 Å². The highest BCUT2D eigenvalue weighted by Crippen LogP contribution is 2.20. The third kappa shape index (κ3) is 2.50. The van der Waals surface area contributed by atoms with Gasteiger partial charge in [-0.25, -0.2) is 8.42 Å². The lowest BCUT2D eigenvalue weighted by atomic mass is 10.2. The highest BCUT2D eigenvalue weighted by Gasteiger charge is 2.30. The normalized spacial score (nSPS) is 24.0. The van der Waals surface area contributed by atoms with Crippen molar-refractivity contribution in [3.8, 4) is 0 Å². The molecule has 1 aromatic heterocycles. The van der Waals surface area contributed by atoms with Crippen LogP contribution in [0.2, 0.25) is 0 Å². The van der Waals surface area contributed by atoms with Gasteiger partial charge in [0.1, 0.15) is 10.7 Å². The van der Waals surface area contributed by atoms with E-state index >= 15 is 0 Å². The van der Waals surface area contributed by atoms with Crippen LogP contribution in [0.25, 0.3) is 0 Å². The zero-order valence-electron chi connectivity index (χ0n) is 8.96. The summed E-state index contributed by atoms with van der Waals surface area (Å²) in [5.41, 5.74) is 6.42. The van der Waals surface area contributed by atoms with E-state index in [4.69, 9.17) is 5.73 Å². The van der Waals surface area contributed by atoms with Crippen LogP contribution >= 0.6 is 11.5 Å². The molecule has 1 aliphatic rings. The molecule has 1 fully saturated rings. The molecule has 16 heavy (non-hydrogen) atoms. The number of rotatable bonds is 3. The highest BCUT2D eigenvalue weighted by atomic mass is 32.2. The zero-order chi connectivity index (χ0) is 11.8. The first-order valence-electron chi connectivity index (χ1n) is 4.95. The lowest BCUT2D eigenvalue weighted by molar-refractivity contribution is 0.251. The number of hydrogen-bond donors (Lipinski definition) is 1. The SMILES string of the molecule is CN(Cc1nnsc1N)C1CCS(=O)(=O)C1. The number of sulfone groups is 1. The fourth-order valence-corrected chi connectivity index (χ4v) is 4.06. The number of anilines is 1. The summed E-state index contributed by atoms with van der Waals surface area (Å²) in [6.45, 7) is 0.558. The lowest BCUT2D eigenvalue weighted by Crippen LogP contribution is -2.32. The Balaban J connectivity index is 2.00. The van der Waals surface area contributed by atoms with Crippen LogP contribution in [0.1, 0.15) is 12.1 Å². The van der Waals surface area contributed by atoms with Gasteiger partial charge in [0.2, 0.25) is 0 Å². The van der Waals surface area contributed by atoms with E-state index in [1.165, 1.54) is 0 Å². The van der Waals surface area contributed by atoms with Crippen molar-refractivity contribution in [1.82, 2.24) is 14.5 Å². The van der Waals surface area contributed by atoms with Gasteiger partial charge in [0.05, 0.1) is 11.5 Å². The molecule has 0 saturated carbocycles. The molecule has 2 N–H and O–H groups in total. The molecule has 1 saturated heterocycles. The quantitative estimate of drug-likeness (QED) is 0.807. The molecule has 0 bridgehead atoms. The summed E-state index contributed by atoms with van der Waals surface area (Å²) in [4.78, 5) is 1.98. The largest absolute Gasteiger partial charge is 0.388 e. The third-order valence-electron chi connectivity index (χ3n) is 2.82. The first-order chi connectivity index (χ1) is 7.48. The second-order valence-corrected chi connectivity index (χ2v) is 7.07. The van der Waals surface area contributed by atoms with Crippen molar-refractivity contribution in [3.05, 3.63) is 5.69 Å². The van der Waals surface area contributed by atoms with Crippen molar-refractivity contribution < 1.29 is 8.42 Å². The van der Waals surface area contributed by atoms with Gasteiger partial charge in [-0.2, -0.15) is 0 Å². The Morgan fingerprint density at radius 3 is 2.88 bits per heavy atom. The molecule has 0 radical (unpaired) electrons. The maximum absolute atomic E-state index is 11.3. The Morgan fingerprint density at radius 2 is 2.38 bits per heavy atom. The smallest absolute Gasteiger partial charge is 0.151 e. The Morgan fingerprint density at radius 1 is 1.62 bits per heavy atom. The predicted octanol–water partition coefficient (Wildman–Crippen LogP) is -0.261. The van der Waals surface area contributed by atoms with E-state index in [0.29, 0.717) is 18.0 Å². The van der Waals surface area contributed by atoms with E-state index in [9.17, 15) is 8.42 Å². The van der Waals surface area contributed by atoms with Gasteiger partial charge in [-0.05, 0) is 13.5 Å². The second-order valence-electron chi connectivity index (χ2n) is 4.06. The van der Waals surface area contributed by atoms with E-state index in [2.05, 4.69) is 9.59 Å². The molecule has 0 amide bonds. The topological polar surface area (TPSA) is 89.2 Å². The van der Waals surface area contributed by atoms with Crippen LogP contribution in [0.5, 0.6) is 0 Å². The molecule has 0 aromatic carbocycles. The minimum absolute atomic E-state index is 0.0751. The molecule has 1 aromatic rings. The summed E-state index contributed by atoms with van der Waals surface area (Å²) in [6.07, 6.45) is 0.691. The third-order valence-corrected chi connectivity index (χ3v) is 5.16. The lowest BCUT2D eigenvalue weighted by Gasteiger charge is -2.21. The average Bonchev–Trinajstić information content (AvgIpc) is 2.74. The van der Waals surface area contributed by atoms with Crippen LogP contribution in [0.15, 0.2) is 0 Å². The predicted molar refractivity (Wildman–Crippen MR) is 62.8 cm³/mol. The van der Waals surface area contributed by atoms with E-state index in [1.54, 1.807) is 0 Å². The highest BCUT2D eigenvalue weighted by molar-refractivity contribution is 7.91. The van der Waals surface area contributed by atoms with Gasteiger partial charge in [0.25, 0.3) is 0 Å². The second kappa shape index (κ2) is 4.27. The summed E-state index contributed by atoms with van der Waals surface area (Å²) in [7, 11) is -0.943. The maximum atomic E-state index is 11.3. The van der Waals surface area contributed by atoms with Gasteiger partial charge in [-0.15, -0.1) is 5.10 Å². The van der Waals surface area contributed by atoms with Gasteiger partial charge in [-0.3, -0.25) is 4.90 Å². The van der Waals surface area contributed by atoms with Crippen molar-refractivity contribution >= 4 is 26.4 Å². The number of aromatic nitrogens is 2. The average molecular weight is 262 g/mol. The van der Waals surface area contributed by atoms with E-state index in [-0.39, 0.29) is 17.5 Å². The van der Waals surface area contributed by atoms with Gasteiger partial charge in [-0.1, -0.05) is 4.49 Å². The molecule has 1 unspecified atom stereocenters. The first kappa shape index (κ1) is 11.7. The van der Waals surface area contributed by atoms with Crippen LogP contribution in [0.4, 0.5) is 5.00 Å². The van der Waals surface area contributed by atoms with Crippen LogP contribution in [0, 0.1) is 0 Å². The Bertz CT molecular complexity index is 470. The molecular formula is C8H14N4O2S2. The van der Waals surface area contributed by atoms with Gasteiger partial charge in [0, 0.05) is 24.1 Å². The van der Waals surface area contributed by atoms with Crippen molar-refractivity contribution in [2.75, 3.05) is 24.3 Å². The van der Waals surface area contributed by atoms with Gasteiger partial charge >= 0.3 is 0 Å². The van der Waals surface area contributed by atoms with Crippen molar-refractivity contribution in [3.63, 3.8) is 0 Å². The number of nitrogens with zero attached hydrogens (tertiary/aromatic N) is 3. The summed E-state index contributed by atoms with van der Waals surface area (Å²) < 4.78 is 26.4. The number of hydrogen-bond acceptors (Lipinski definition) is 7. The first-order valence-corrected chi connectivity index (χ1v) is 7.55. The molecule has 2 rings (SSSR count). The van der Waals surface area contributed by atoms with Crippen molar-refractivity contribution in [2.24, 2.45) is 0 Å². The van der Waals surface area contributed by atoms with E-state index in [0.717, 1.165) is 17.2 Å². The standard InChI is InChI=1S/C8H14N4O2S2/c1-12(4-7-8(9)15-11-10-7)6-2-3-16(13,14)5-6/h6H,2-5,9H2,1H3. The molecule has 8 heteroatoms. The maximum Gasteiger partial charge on any atom is 0.151 e. The summed E-state index contributed by atoms with van der Waals surface area (Å²) >= 11 is 1.16. The Kier molecular flexibility index (Phi) is 3.13. The Hall–Kier alpha value is -0.730. The van der Waals surface area contributed by atoms with E-state index < -0.39 is 9.84 Å². The molecule has 1 atom stereocenters. The zero-order valence-corrected chi connectivity index (χ0v) is 10.6. The molecule has 0 spiro atoms. The molecule has 1 aliphatic heterocycles. The molecule has 0 aliphatic carbocycles. The fourth-order valence-electron chi connectivity index (χ4n) is 1.81. The van der Waals surface area contributed by atoms with Crippen LogP contribution in [0.3, 0.4) is 0 Å². The minimum atomic E-state index is -2.84. The molecule has 90 valence electrons.